The summed E-state index contributed by atoms with van der Waals surface area (Å²) < 4.78 is 4.85. The maximum Gasteiger partial charge on any atom is 0.338 e. The number of Topliss-reactive ketones (excluding diaryl/α,β-unsaturated/α-hetero) is 1. The van der Waals surface area contributed by atoms with Gasteiger partial charge in [-0.25, -0.2) is 4.79 Å². The zero-order valence-corrected chi connectivity index (χ0v) is 11.5. The van der Waals surface area contributed by atoms with Crippen molar-refractivity contribution in [2.45, 2.75) is 0 Å². The number of carbonyl (C=O) groups excluding carboxylic acids is 2. The Balaban J connectivity index is 2.00. The van der Waals surface area contributed by atoms with E-state index in [1.165, 1.54) is 12.1 Å². The Bertz CT molecular complexity index is 696. The van der Waals surface area contributed by atoms with Crippen LogP contribution in [-0.2, 0) is 4.74 Å². The van der Waals surface area contributed by atoms with Gasteiger partial charge in [0.1, 0.15) is 0 Å². The van der Waals surface area contributed by atoms with Crippen LogP contribution in [0, 0.1) is 0 Å². The minimum Gasteiger partial charge on any atom is -0.504 e. The minimum atomic E-state index is -0.777. The molecule has 0 amide bonds. The van der Waals surface area contributed by atoms with Crippen LogP contribution >= 0.6 is 11.6 Å². The summed E-state index contributed by atoms with van der Waals surface area (Å²) in [5.74, 6) is -1.96. The molecule has 2 rings (SSSR count). The van der Waals surface area contributed by atoms with Crippen LogP contribution < -0.4 is 0 Å². The van der Waals surface area contributed by atoms with Gasteiger partial charge in [-0.1, -0.05) is 23.7 Å². The fourth-order valence-electron chi connectivity index (χ4n) is 1.61. The molecular weight excluding hydrogens is 296 g/mol. The first-order valence-corrected chi connectivity index (χ1v) is 6.33. The van der Waals surface area contributed by atoms with E-state index in [1.807, 2.05) is 0 Å². The average molecular weight is 307 g/mol. The fraction of sp³-hybridized carbons (Fsp3) is 0.0667. The molecule has 108 valence electrons. The van der Waals surface area contributed by atoms with Crippen LogP contribution in [0.5, 0.6) is 11.5 Å². The summed E-state index contributed by atoms with van der Waals surface area (Å²) in [6, 6.07) is 9.78. The summed E-state index contributed by atoms with van der Waals surface area (Å²) in [4.78, 5) is 23.5. The highest BCUT2D eigenvalue weighted by atomic mass is 35.5. The SMILES string of the molecule is O=C(COC(=O)c1ccc(O)c(O)c1)c1cccc(Cl)c1. The standard InChI is InChI=1S/C15H11ClO5/c16-11-3-1-2-9(6-11)14(19)8-21-15(20)10-4-5-12(17)13(18)7-10/h1-7,17-18H,8H2. The maximum atomic E-state index is 11.8. The lowest BCUT2D eigenvalue weighted by Crippen LogP contribution is -2.14. The number of aromatic hydroxyl groups is 2. The first-order valence-electron chi connectivity index (χ1n) is 5.95. The van der Waals surface area contributed by atoms with Crippen LogP contribution in [0.25, 0.3) is 0 Å². The minimum absolute atomic E-state index is 0.0317. The summed E-state index contributed by atoms with van der Waals surface area (Å²) in [6.07, 6.45) is 0. The Morgan fingerprint density at radius 2 is 1.76 bits per heavy atom. The molecule has 0 aliphatic heterocycles. The summed E-state index contributed by atoms with van der Waals surface area (Å²) in [6.45, 7) is -0.444. The first kappa shape index (κ1) is 14.9. The molecule has 0 atom stereocenters. The second kappa shape index (κ2) is 6.28. The number of phenols is 2. The van der Waals surface area contributed by atoms with Gasteiger partial charge in [-0.3, -0.25) is 4.79 Å². The Kier molecular flexibility index (Phi) is 4.45. The maximum absolute atomic E-state index is 11.8. The van der Waals surface area contributed by atoms with E-state index in [2.05, 4.69) is 0 Å². The van der Waals surface area contributed by atoms with Crippen molar-refractivity contribution in [3.8, 4) is 11.5 Å². The molecule has 0 bridgehead atoms. The highest BCUT2D eigenvalue weighted by Gasteiger charge is 2.13. The van der Waals surface area contributed by atoms with Gasteiger partial charge in [0.05, 0.1) is 5.56 Å². The molecule has 5 nitrogen and oxygen atoms in total. The zero-order valence-electron chi connectivity index (χ0n) is 10.7. The number of phenolic OH excluding ortho intramolecular Hbond substituents is 2. The van der Waals surface area contributed by atoms with Gasteiger partial charge in [0, 0.05) is 10.6 Å². The zero-order chi connectivity index (χ0) is 15.4. The molecule has 0 saturated heterocycles. The number of ketones is 1. The van der Waals surface area contributed by atoms with Gasteiger partial charge >= 0.3 is 5.97 Å². The number of ether oxygens (including phenoxy) is 1. The third kappa shape index (κ3) is 3.73. The Morgan fingerprint density at radius 3 is 2.43 bits per heavy atom. The second-order valence-corrected chi connectivity index (χ2v) is 4.65. The summed E-state index contributed by atoms with van der Waals surface area (Å²) in [7, 11) is 0. The smallest absolute Gasteiger partial charge is 0.338 e. The van der Waals surface area contributed by atoms with Crippen LogP contribution in [0.4, 0.5) is 0 Å². The van der Waals surface area contributed by atoms with Crippen molar-refractivity contribution >= 4 is 23.4 Å². The van der Waals surface area contributed by atoms with E-state index >= 15 is 0 Å². The molecule has 2 N–H and O–H groups in total. The Labute approximate surface area is 125 Å². The van der Waals surface area contributed by atoms with E-state index in [9.17, 15) is 14.7 Å². The van der Waals surface area contributed by atoms with Crippen molar-refractivity contribution in [2.75, 3.05) is 6.61 Å². The van der Waals surface area contributed by atoms with Crippen LogP contribution in [0.15, 0.2) is 42.5 Å². The van der Waals surface area contributed by atoms with E-state index in [1.54, 1.807) is 18.2 Å². The molecule has 21 heavy (non-hydrogen) atoms. The van der Waals surface area contributed by atoms with Crippen LogP contribution in [-0.4, -0.2) is 28.6 Å². The lowest BCUT2D eigenvalue weighted by molar-refractivity contribution is 0.0474. The van der Waals surface area contributed by atoms with Crippen molar-refractivity contribution in [1.29, 1.82) is 0 Å². The van der Waals surface area contributed by atoms with Crippen molar-refractivity contribution in [2.24, 2.45) is 0 Å². The van der Waals surface area contributed by atoms with E-state index in [0.717, 1.165) is 12.1 Å². The van der Waals surface area contributed by atoms with E-state index in [4.69, 9.17) is 21.4 Å². The number of hydrogen-bond donors (Lipinski definition) is 2. The van der Waals surface area contributed by atoms with Crippen molar-refractivity contribution < 1.29 is 24.5 Å². The predicted octanol–water partition coefficient (Wildman–Crippen LogP) is 2.79. The van der Waals surface area contributed by atoms with Gasteiger partial charge in [0.2, 0.25) is 0 Å². The largest absolute Gasteiger partial charge is 0.504 e. The highest BCUT2D eigenvalue weighted by molar-refractivity contribution is 6.31. The molecule has 0 fully saturated rings. The molecule has 0 aliphatic carbocycles. The Hall–Kier alpha value is -2.53. The van der Waals surface area contributed by atoms with E-state index in [-0.39, 0.29) is 11.3 Å². The first-order chi connectivity index (χ1) is 9.97. The normalized spacial score (nSPS) is 10.1. The summed E-state index contributed by atoms with van der Waals surface area (Å²) in [5.41, 5.74) is 0.369. The van der Waals surface area contributed by atoms with Gasteiger partial charge in [0.15, 0.2) is 23.9 Å². The molecule has 2 aromatic carbocycles. The predicted molar refractivity (Wildman–Crippen MR) is 75.8 cm³/mol. The lowest BCUT2D eigenvalue weighted by Gasteiger charge is -2.05. The highest BCUT2D eigenvalue weighted by Crippen LogP contribution is 2.25. The lowest BCUT2D eigenvalue weighted by atomic mass is 10.1. The molecule has 0 aromatic heterocycles. The van der Waals surface area contributed by atoms with Crippen molar-refractivity contribution in [1.82, 2.24) is 0 Å². The molecule has 0 spiro atoms. The van der Waals surface area contributed by atoms with Crippen LogP contribution in [0.1, 0.15) is 20.7 Å². The fourth-order valence-corrected chi connectivity index (χ4v) is 1.80. The molecule has 0 saturated carbocycles. The topological polar surface area (TPSA) is 83.8 Å². The molecule has 6 heteroatoms. The second-order valence-electron chi connectivity index (χ2n) is 4.21. The third-order valence-electron chi connectivity index (χ3n) is 2.69. The van der Waals surface area contributed by atoms with Gasteiger partial charge in [-0.2, -0.15) is 0 Å². The number of esters is 1. The molecule has 0 radical (unpaired) electrons. The number of hydrogen-bond acceptors (Lipinski definition) is 5. The Morgan fingerprint density at radius 1 is 1.00 bits per heavy atom. The summed E-state index contributed by atoms with van der Waals surface area (Å²) >= 11 is 5.77. The number of carbonyl (C=O) groups is 2. The third-order valence-corrected chi connectivity index (χ3v) is 2.93. The molecular formula is C15H11ClO5. The monoisotopic (exact) mass is 306 g/mol. The van der Waals surface area contributed by atoms with Crippen LogP contribution in [0.3, 0.4) is 0 Å². The quantitative estimate of drug-likeness (QED) is 0.515. The van der Waals surface area contributed by atoms with Gasteiger partial charge in [-0.05, 0) is 30.3 Å². The molecule has 0 aliphatic rings. The molecule has 0 heterocycles. The van der Waals surface area contributed by atoms with Crippen LogP contribution in [0.2, 0.25) is 5.02 Å². The average Bonchev–Trinajstić information content (AvgIpc) is 2.47. The number of rotatable bonds is 4. The van der Waals surface area contributed by atoms with Gasteiger partial charge in [-0.15, -0.1) is 0 Å². The number of halogens is 1. The number of benzene rings is 2. The van der Waals surface area contributed by atoms with E-state index in [0.29, 0.717) is 10.6 Å². The summed E-state index contributed by atoms with van der Waals surface area (Å²) in [5, 5.41) is 18.9. The van der Waals surface area contributed by atoms with Gasteiger partial charge < -0.3 is 14.9 Å². The van der Waals surface area contributed by atoms with Crippen molar-refractivity contribution in [3.05, 3.63) is 58.6 Å². The van der Waals surface area contributed by atoms with E-state index < -0.39 is 24.1 Å². The van der Waals surface area contributed by atoms with Crippen molar-refractivity contribution in [3.63, 3.8) is 0 Å². The molecule has 2 aromatic rings. The molecule has 0 unspecified atom stereocenters. The van der Waals surface area contributed by atoms with Gasteiger partial charge in [0.25, 0.3) is 0 Å².